The highest BCUT2D eigenvalue weighted by Gasteiger charge is 2.09. The quantitative estimate of drug-likeness (QED) is 0.550. The van der Waals surface area contributed by atoms with Crippen LogP contribution in [0.4, 0.5) is 0 Å². The van der Waals surface area contributed by atoms with Gasteiger partial charge in [0.25, 0.3) is 0 Å². The molecule has 0 saturated carbocycles. The Hall–Kier alpha value is -2.60. The Balaban J connectivity index is 1.51. The molecule has 0 saturated heterocycles. The van der Waals surface area contributed by atoms with E-state index in [9.17, 15) is 9.59 Å². The third kappa shape index (κ3) is 5.06. The lowest BCUT2D eigenvalue weighted by molar-refractivity contribution is 0.0137. The van der Waals surface area contributed by atoms with Gasteiger partial charge in [-0.05, 0) is 24.3 Å². The van der Waals surface area contributed by atoms with E-state index in [1.54, 1.807) is 30.3 Å². The second-order valence-electron chi connectivity index (χ2n) is 4.23. The Kier molecular flexibility index (Phi) is 6.19. The molecule has 0 N–H and O–H groups in total. The number of rotatable bonds is 8. The molecular weight excluding hydrogens is 288 g/mol. The zero-order valence-corrected chi connectivity index (χ0v) is 11.9. The van der Waals surface area contributed by atoms with Gasteiger partial charge in [0.05, 0.1) is 25.0 Å². The summed E-state index contributed by atoms with van der Waals surface area (Å²) in [6, 6.07) is 11.8. The van der Waals surface area contributed by atoms with Crippen LogP contribution in [0, 0.1) is 0 Å². The normalized spacial score (nSPS) is 10.2. The fraction of sp³-hybridized carbons (Fsp3) is 0.250. The van der Waals surface area contributed by atoms with Crippen LogP contribution in [0.5, 0.6) is 0 Å². The molecule has 0 unspecified atom stereocenters. The van der Waals surface area contributed by atoms with Gasteiger partial charge < -0.3 is 18.6 Å². The number of hydrogen-bond donors (Lipinski definition) is 0. The zero-order valence-electron chi connectivity index (χ0n) is 11.9. The maximum absolute atomic E-state index is 11.6. The molecule has 0 radical (unpaired) electrons. The van der Waals surface area contributed by atoms with Crippen LogP contribution in [0.1, 0.15) is 20.9 Å². The molecule has 116 valence electrons. The number of esters is 2. The van der Waals surface area contributed by atoms with Crippen LogP contribution in [0.3, 0.4) is 0 Å². The first-order chi connectivity index (χ1) is 10.8. The van der Waals surface area contributed by atoms with Crippen molar-refractivity contribution < 1.29 is 28.2 Å². The Bertz CT molecular complexity index is 576. The second-order valence-corrected chi connectivity index (χ2v) is 4.23. The van der Waals surface area contributed by atoms with Gasteiger partial charge in [-0.15, -0.1) is 0 Å². The summed E-state index contributed by atoms with van der Waals surface area (Å²) in [5.41, 5.74) is 0.495. The second kappa shape index (κ2) is 8.63. The molecule has 6 heteroatoms. The number of benzene rings is 1. The third-order valence-electron chi connectivity index (χ3n) is 2.65. The SMILES string of the molecule is O=C(OCCOCCOC(=O)c1ccco1)c1ccccc1. The summed E-state index contributed by atoms with van der Waals surface area (Å²) in [5, 5.41) is 0. The van der Waals surface area contributed by atoms with Crippen LogP contribution in [0.15, 0.2) is 53.1 Å². The summed E-state index contributed by atoms with van der Waals surface area (Å²) in [7, 11) is 0. The van der Waals surface area contributed by atoms with Crippen molar-refractivity contribution >= 4 is 11.9 Å². The summed E-state index contributed by atoms with van der Waals surface area (Å²) in [6.07, 6.45) is 1.40. The van der Waals surface area contributed by atoms with Crippen LogP contribution in [0.25, 0.3) is 0 Å². The highest BCUT2D eigenvalue weighted by Crippen LogP contribution is 2.02. The average Bonchev–Trinajstić information content (AvgIpc) is 3.09. The smallest absolute Gasteiger partial charge is 0.374 e. The van der Waals surface area contributed by atoms with E-state index < -0.39 is 11.9 Å². The molecule has 0 atom stereocenters. The molecule has 0 spiro atoms. The maximum atomic E-state index is 11.6. The molecule has 2 rings (SSSR count). The topological polar surface area (TPSA) is 75.0 Å². The summed E-state index contributed by atoms with van der Waals surface area (Å²) in [6.45, 7) is 0.693. The standard InChI is InChI=1S/C16H16O6/c17-15(13-5-2-1-3-6-13)21-11-9-19-10-12-22-16(18)14-7-4-8-20-14/h1-8H,9-12H2. The summed E-state index contributed by atoms with van der Waals surface area (Å²) >= 11 is 0. The largest absolute Gasteiger partial charge is 0.460 e. The lowest BCUT2D eigenvalue weighted by Gasteiger charge is -2.06. The average molecular weight is 304 g/mol. The first-order valence-electron chi connectivity index (χ1n) is 6.78. The Morgan fingerprint density at radius 3 is 2.14 bits per heavy atom. The monoisotopic (exact) mass is 304 g/mol. The molecule has 0 fully saturated rings. The Labute approximate surface area is 127 Å². The Morgan fingerprint density at radius 2 is 1.50 bits per heavy atom. The fourth-order valence-corrected chi connectivity index (χ4v) is 1.61. The molecule has 1 heterocycles. The van der Waals surface area contributed by atoms with Gasteiger partial charge in [0.2, 0.25) is 5.76 Å². The fourth-order valence-electron chi connectivity index (χ4n) is 1.61. The molecule has 0 amide bonds. The number of ether oxygens (including phenoxy) is 3. The van der Waals surface area contributed by atoms with E-state index in [-0.39, 0.29) is 32.2 Å². The van der Waals surface area contributed by atoms with Gasteiger partial charge in [-0.2, -0.15) is 0 Å². The lowest BCUT2D eigenvalue weighted by Crippen LogP contribution is -2.14. The molecule has 1 aromatic heterocycles. The summed E-state index contributed by atoms with van der Waals surface area (Å²) < 4.78 is 20.0. The van der Waals surface area contributed by atoms with Gasteiger partial charge in [-0.25, -0.2) is 9.59 Å². The minimum Gasteiger partial charge on any atom is -0.460 e. The molecular formula is C16H16O6. The molecule has 22 heavy (non-hydrogen) atoms. The number of furan rings is 1. The van der Waals surface area contributed by atoms with Crippen LogP contribution in [-0.2, 0) is 14.2 Å². The van der Waals surface area contributed by atoms with Crippen molar-refractivity contribution in [2.45, 2.75) is 0 Å². The van der Waals surface area contributed by atoms with Gasteiger partial charge in [0.15, 0.2) is 0 Å². The predicted octanol–water partition coefficient (Wildman–Crippen LogP) is 2.31. The first kappa shape index (κ1) is 15.8. The van der Waals surface area contributed by atoms with Crippen molar-refractivity contribution in [2.75, 3.05) is 26.4 Å². The van der Waals surface area contributed by atoms with E-state index in [2.05, 4.69) is 0 Å². The minimum atomic E-state index is -0.538. The van der Waals surface area contributed by atoms with Gasteiger partial charge >= 0.3 is 11.9 Å². The van der Waals surface area contributed by atoms with Gasteiger partial charge in [0.1, 0.15) is 13.2 Å². The molecule has 0 bridgehead atoms. The third-order valence-corrected chi connectivity index (χ3v) is 2.65. The van der Waals surface area contributed by atoms with Crippen molar-refractivity contribution in [3.8, 4) is 0 Å². The number of carbonyl (C=O) groups excluding carboxylic acids is 2. The van der Waals surface area contributed by atoms with Gasteiger partial charge in [-0.1, -0.05) is 18.2 Å². The zero-order chi connectivity index (χ0) is 15.6. The van der Waals surface area contributed by atoms with Crippen LogP contribution < -0.4 is 0 Å². The van der Waals surface area contributed by atoms with Gasteiger partial charge in [-0.3, -0.25) is 0 Å². The van der Waals surface area contributed by atoms with E-state index in [4.69, 9.17) is 18.6 Å². The molecule has 1 aromatic carbocycles. The van der Waals surface area contributed by atoms with Crippen LogP contribution in [-0.4, -0.2) is 38.4 Å². The van der Waals surface area contributed by atoms with Crippen molar-refractivity contribution in [1.29, 1.82) is 0 Å². The molecule has 6 nitrogen and oxygen atoms in total. The molecule has 0 aliphatic carbocycles. The van der Waals surface area contributed by atoms with Crippen LogP contribution >= 0.6 is 0 Å². The lowest BCUT2D eigenvalue weighted by atomic mass is 10.2. The molecule has 0 aliphatic heterocycles. The number of hydrogen-bond acceptors (Lipinski definition) is 6. The van der Waals surface area contributed by atoms with E-state index in [1.165, 1.54) is 12.3 Å². The maximum Gasteiger partial charge on any atom is 0.374 e. The molecule has 0 aliphatic rings. The van der Waals surface area contributed by atoms with Crippen molar-refractivity contribution in [1.82, 2.24) is 0 Å². The van der Waals surface area contributed by atoms with E-state index in [1.807, 2.05) is 6.07 Å². The van der Waals surface area contributed by atoms with Crippen molar-refractivity contribution in [2.24, 2.45) is 0 Å². The van der Waals surface area contributed by atoms with E-state index >= 15 is 0 Å². The highest BCUT2D eigenvalue weighted by atomic mass is 16.6. The Morgan fingerprint density at radius 1 is 0.818 bits per heavy atom. The summed E-state index contributed by atoms with van der Waals surface area (Å²) in [4.78, 5) is 23.0. The predicted molar refractivity (Wildman–Crippen MR) is 76.5 cm³/mol. The van der Waals surface area contributed by atoms with E-state index in [0.29, 0.717) is 5.56 Å². The highest BCUT2D eigenvalue weighted by molar-refractivity contribution is 5.89. The number of carbonyl (C=O) groups is 2. The minimum absolute atomic E-state index is 0.103. The molecule has 2 aromatic rings. The first-order valence-corrected chi connectivity index (χ1v) is 6.78. The van der Waals surface area contributed by atoms with Crippen molar-refractivity contribution in [3.05, 3.63) is 60.1 Å². The van der Waals surface area contributed by atoms with Crippen molar-refractivity contribution in [3.63, 3.8) is 0 Å². The van der Waals surface area contributed by atoms with Gasteiger partial charge in [0, 0.05) is 0 Å². The van der Waals surface area contributed by atoms with E-state index in [0.717, 1.165) is 0 Å². The summed E-state index contributed by atoms with van der Waals surface area (Å²) in [5.74, 6) is -0.783. The van der Waals surface area contributed by atoms with Crippen LogP contribution in [0.2, 0.25) is 0 Å².